The van der Waals surface area contributed by atoms with E-state index < -0.39 is 0 Å². The van der Waals surface area contributed by atoms with Crippen molar-refractivity contribution in [3.05, 3.63) is 59.5 Å². The van der Waals surface area contributed by atoms with Crippen molar-refractivity contribution in [2.24, 2.45) is 0 Å². The molecule has 0 spiro atoms. The first-order chi connectivity index (χ1) is 15.2. The van der Waals surface area contributed by atoms with Gasteiger partial charge in [-0.1, -0.05) is 50.1 Å². The van der Waals surface area contributed by atoms with Gasteiger partial charge in [0.25, 0.3) is 0 Å². The van der Waals surface area contributed by atoms with Gasteiger partial charge in [0, 0.05) is 18.6 Å². The van der Waals surface area contributed by atoms with E-state index in [1.165, 1.54) is 5.56 Å². The number of amides is 3. The Morgan fingerprint density at radius 1 is 0.969 bits per heavy atom. The summed E-state index contributed by atoms with van der Waals surface area (Å²) < 4.78 is 5.73. The maximum absolute atomic E-state index is 13.4. The lowest BCUT2D eigenvalue weighted by atomic mass is 10.1. The molecule has 2 aromatic rings. The molecule has 0 aliphatic carbocycles. The molecule has 0 bridgehead atoms. The quantitative estimate of drug-likeness (QED) is 0.490. The number of unbranched alkanes of at least 4 members (excludes halogenated alkanes) is 2. The maximum Gasteiger partial charge on any atom is 0.318 e. The monoisotopic (exact) mass is 441 g/mol. The number of furan rings is 1. The Bertz CT molecular complexity index is 840. The number of nitrogens with zero attached hydrogens (tertiary/aromatic N) is 2. The summed E-state index contributed by atoms with van der Waals surface area (Å²) in [5.74, 6) is 1.50. The molecule has 0 fully saturated rings. The number of rotatable bonds is 11. The lowest BCUT2D eigenvalue weighted by Crippen LogP contribution is -2.52. The standard InChI is InChI=1S/C26H39N3O3/c1-6-7-11-17-29(25(31)27-26(3,4)5)20-24(30)28(19-23-15-14-21(2)32-23)18-16-22-12-9-8-10-13-22/h8-10,12-15H,6-7,11,16-20H2,1-5H3,(H,27,31). The number of aryl methyl sites for hydroxylation is 1. The minimum absolute atomic E-state index is 0.0557. The van der Waals surface area contributed by atoms with Gasteiger partial charge in [0.2, 0.25) is 5.91 Å². The Balaban J connectivity index is 2.12. The van der Waals surface area contributed by atoms with E-state index in [-0.39, 0.29) is 24.0 Å². The summed E-state index contributed by atoms with van der Waals surface area (Å²) >= 11 is 0. The lowest BCUT2D eigenvalue weighted by molar-refractivity contribution is -0.132. The van der Waals surface area contributed by atoms with Gasteiger partial charge in [-0.3, -0.25) is 4.79 Å². The minimum atomic E-state index is -0.359. The minimum Gasteiger partial charge on any atom is -0.464 e. The fraction of sp³-hybridized carbons (Fsp3) is 0.538. The molecular formula is C26H39N3O3. The lowest BCUT2D eigenvalue weighted by Gasteiger charge is -2.30. The topological polar surface area (TPSA) is 65.8 Å². The second kappa shape index (κ2) is 12.3. The third kappa shape index (κ3) is 9.16. The summed E-state index contributed by atoms with van der Waals surface area (Å²) in [4.78, 5) is 29.7. The summed E-state index contributed by atoms with van der Waals surface area (Å²) in [6.45, 7) is 11.4. The Hall–Kier alpha value is -2.76. The third-order valence-electron chi connectivity index (χ3n) is 5.14. The summed E-state index contributed by atoms with van der Waals surface area (Å²) in [6.07, 6.45) is 3.71. The molecule has 176 valence electrons. The highest BCUT2D eigenvalue weighted by atomic mass is 16.3. The molecule has 2 rings (SSSR count). The van der Waals surface area contributed by atoms with E-state index >= 15 is 0 Å². The van der Waals surface area contributed by atoms with Crippen LogP contribution in [0.2, 0.25) is 0 Å². The molecule has 0 aliphatic rings. The first-order valence-corrected chi connectivity index (χ1v) is 11.6. The molecule has 1 heterocycles. The van der Waals surface area contributed by atoms with Crippen LogP contribution in [-0.2, 0) is 17.8 Å². The number of carbonyl (C=O) groups excluding carboxylic acids is 2. The van der Waals surface area contributed by atoms with Gasteiger partial charge in [0.1, 0.15) is 18.1 Å². The van der Waals surface area contributed by atoms with Crippen molar-refractivity contribution in [2.45, 2.75) is 72.4 Å². The van der Waals surface area contributed by atoms with Gasteiger partial charge in [0.05, 0.1) is 6.54 Å². The van der Waals surface area contributed by atoms with E-state index in [0.717, 1.165) is 37.2 Å². The Kier molecular flexibility index (Phi) is 9.82. The molecule has 3 amide bonds. The zero-order chi connectivity index (χ0) is 23.6. The number of nitrogens with one attached hydrogen (secondary N) is 1. The van der Waals surface area contributed by atoms with Gasteiger partial charge in [-0.05, 0) is 58.2 Å². The highest BCUT2D eigenvalue weighted by Crippen LogP contribution is 2.13. The molecule has 0 radical (unpaired) electrons. The van der Waals surface area contributed by atoms with Crippen molar-refractivity contribution < 1.29 is 14.0 Å². The van der Waals surface area contributed by atoms with E-state index in [4.69, 9.17) is 4.42 Å². The van der Waals surface area contributed by atoms with Crippen LogP contribution in [0, 0.1) is 6.92 Å². The largest absolute Gasteiger partial charge is 0.464 e. The van der Waals surface area contributed by atoms with Crippen molar-refractivity contribution in [3.63, 3.8) is 0 Å². The number of carbonyl (C=O) groups is 2. The number of urea groups is 1. The highest BCUT2D eigenvalue weighted by Gasteiger charge is 2.24. The molecule has 1 N–H and O–H groups in total. The second-order valence-corrected chi connectivity index (χ2v) is 9.37. The third-order valence-corrected chi connectivity index (χ3v) is 5.14. The van der Waals surface area contributed by atoms with Crippen molar-refractivity contribution in [2.75, 3.05) is 19.6 Å². The molecule has 0 unspecified atom stereocenters. The smallest absolute Gasteiger partial charge is 0.318 e. The molecule has 0 saturated heterocycles. The zero-order valence-corrected chi connectivity index (χ0v) is 20.3. The van der Waals surface area contributed by atoms with Crippen LogP contribution in [0.1, 0.15) is 64.0 Å². The molecule has 6 nitrogen and oxygen atoms in total. The van der Waals surface area contributed by atoms with Crippen LogP contribution in [0.25, 0.3) is 0 Å². The summed E-state index contributed by atoms with van der Waals surface area (Å²) in [7, 11) is 0. The Morgan fingerprint density at radius 3 is 2.28 bits per heavy atom. The highest BCUT2D eigenvalue weighted by molar-refractivity contribution is 5.84. The van der Waals surface area contributed by atoms with Crippen LogP contribution in [0.5, 0.6) is 0 Å². The van der Waals surface area contributed by atoms with Gasteiger partial charge < -0.3 is 19.5 Å². The fourth-order valence-corrected chi connectivity index (χ4v) is 3.43. The molecule has 0 aliphatic heterocycles. The van der Waals surface area contributed by atoms with Gasteiger partial charge in [-0.15, -0.1) is 0 Å². The van der Waals surface area contributed by atoms with Crippen LogP contribution in [0.4, 0.5) is 4.79 Å². The zero-order valence-electron chi connectivity index (χ0n) is 20.3. The van der Waals surface area contributed by atoms with E-state index in [1.54, 1.807) is 9.80 Å². The van der Waals surface area contributed by atoms with Gasteiger partial charge in [0.15, 0.2) is 0 Å². The first-order valence-electron chi connectivity index (χ1n) is 11.6. The number of hydrogen-bond acceptors (Lipinski definition) is 3. The van der Waals surface area contributed by atoms with E-state index in [9.17, 15) is 9.59 Å². The maximum atomic E-state index is 13.4. The van der Waals surface area contributed by atoms with Crippen LogP contribution < -0.4 is 5.32 Å². The SMILES string of the molecule is CCCCCN(CC(=O)N(CCc1ccccc1)Cc1ccc(C)o1)C(=O)NC(C)(C)C. The molecule has 1 aromatic heterocycles. The second-order valence-electron chi connectivity index (χ2n) is 9.37. The molecule has 0 atom stereocenters. The predicted octanol–water partition coefficient (Wildman–Crippen LogP) is 5.16. The van der Waals surface area contributed by atoms with Crippen molar-refractivity contribution in [1.82, 2.24) is 15.1 Å². The number of hydrogen-bond donors (Lipinski definition) is 1. The average molecular weight is 442 g/mol. The molecule has 0 saturated carbocycles. The molecule has 32 heavy (non-hydrogen) atoms. The summed E-state index contributed by atoms with van der Waals surface area (Å²) in [5.41, 5.74) is 0.813. The van der Waals surface area contributed by atoms with E-state index in [2.05, 4.69) is 24.4 Å². The average Bonchev–Trinajstić information content (AvgIpc) is 3.14. The van der Waals surface area contributed by atoms with Crippen LogP contribution in [0.3, 0.4) is 0 Å². The van der Waals surface area contributed by atoms with Crippen LogP contribution in [-0.4, -0.2) is 46.9 Å². The molecule has 1 aromatic carbocycles. The Morgan fingerprint density at radius 2 is 1.69 bits per heavy atom. The van der Waals surface area contributed by atoms with Crippen molar-refractivity contribution in [1.29, 1.82) is 0 Å². The predicted molar refractivity (Wildman–Crippen MR) is 128 cm³/mol. The Labute approximate surface area is 193 Å². The summed E-state index contributed by atoms with van der Waals surface area (Å²) in [5, 5.41) is 3.00. The molecular weight excluding hydrogens is 402 g/mol. The van der Waals surface area contributed by atoms with Crippen LogP contribution >= 0.6 is 0 Å². The van der Waals surface area contributed by atoms with E-state index in [1.807, 2.05) is 58.0 Å². The van der Waals surface area contributed by atoms with Crippen LogP contribution in [0.15, 0.2) is 46.9 Å². The summed E-state index contributed by atoms with van der Waals surface area (Å²) in [6, 6.07) is 13.7. The first kappa shape index (κ1) is 25.5. The van der Waals surface area contributed by atoms with Gasteiger partial charge in [-0.25, -0.2) is 4.79 Å². The van der Waals surface area contributed by atoms with Crippen molar-refractivity contribution >= 4 is 11.9 Å². The number of benzene rings is 1. The fourth-order valence-electron chi connectivity index (χ4n) is 3.43. The van der Waals surface area contributed by atoms with Crippen molar-refractivity contribution in [3.8, 4) is 0 Å². The molecule has 6 heteroatoms. The van der Waals surface area contributed by atoms with Gasteiger partial charge in [-0.2, -0.15) is 0 Å². The van der Waals surface area contributed by atoms with Gasteiger partial charge >= 0.3 is 6.03 Å². The van der Waals surface area contributed by atoms with E-state index in [0.29, 0.717) is 19.6 Å². The normalized spacial score (nSPS) is 11.3.